The summed E-state index contributed by atoms with van der Waals surface area (Å²) in [4.78, 5) is 27.3. The Labute approximate surface area is 247 Å². The summed E-state index contributed by atoms with van der Waals surface area (Å²) in [5.41, 5.74) is 3.09. The van der Waals surface area contributed by atoms with Crippen LogP contribution in [0.3, 0.4) is 0 Å². The second kappa shape index (κ2) is 9.02. The maximum Gasteiger partial charge on any atom is 0.251 e. The van der Waals surface area contributed by atoms with Gasteiger partial charge < -0.3 is 5.32 Å². The second-order valence-corrected chi connectivity index (χ2v) is 16.7. The van der Waals surface area contributed by atoms with Crippen molar-refractivity contribution in [1.29, 1.82) is 0 Å². The van der Waals surface area contributed by atoms with Gasteiger partial charge in [0.1, 0.15) is 5.82 Å². The molecule has 0 heterocycles. The van der Waals surface area contributed by atoms with E-state index in [1.807, 2.05) is 0 Å². The van der Waals surface area contributed by atoms with Gasteiger partial charge in [0.2, 0.25) is 0 Å². The Morgan fingerprint density at radius 1 is 0.854 bits per heavy atom. The van der Waals surface area contributed by atoms with Gasteiger partial charge in [0, 0.05) is 12.0 Å². The van der Waals surface area contributed by atoms with Crippen LogP contribution in [0.25, 0.3) is 0 Å². The van der Waals surface area contributed by atoms with Crippen LogP contribution in [0, 0.1) is 50.6 Å². The van der Waals surface area contributed by atoms with Gasteiger partial charge in [-0.3, -0.25) is 9.59 Å². The second-order valence-electron chi connectivity index (χ2n) is 16.7. The summed E-state index contributed by atoms with van der Waals surface area (Å²) in [6.45, 7) is 19.3. The van der Waals surface area contributed by atoms with E-state index in [1.54, 1.807) is 12.1 Å². The maximum atomic E-state index is 13.9. The number of fused-ring (bicyclic) bond motifs is 7. The molecule has 1 amide bonds. The molecule has 5 aliphatic carbocycles. The summed E-state index contributed by atoms with van der Waals surface area (Å²) in [6.07, 6.45) is 10.7. The fraction of sp³-hybridized carbons (Fsp3) is 0.730. The van der Waals surface area contributed by atoms with Gasteiger partial charge in [0.05, 0.1) is 5.54 Å². The van der Waals surface area contributed by atoms with Crippen molar-refractivity contribution in [2.24, 2.45) is 44.8 Å². The van der Waals surface area contributed by atoms with Crippen molar-refractivity contribution in [3.8, 4) is 0 Å². The highest BCUT2D eigenvalue weighted by atomic mass is 19.1. The van der Waals surface area contributed by atoms with Crippen LogP contribution in [-0.2, 0) is 4.79 Å². The summed E-state index contributed by atoms with van der Waals surface area (Å²) in [5.74, 6) is 1.25. The molecule has 0 radical (unpaired) electrons. The van der Waals surface area contributed by atoms with Gasteiger partial charge in [0.25, 0.3) is 5.91 Å². The molecule has 1 N–H and O–H groups in total. The zero-order valence-corrected chi connectivity index (χ0v) is 26.8. The highest BCUT2D eigenvalue weighted by Gasteiger charge is 2.73. The van der Waals surface area contributed by atoms with Crippen LogP contribution in [0.15, 0.2) is 35.4 Å². The number of nitrogens with one attached hydrogen (secondary N) is 1. The van der Waals surface area contributed by atoms with E-state index in [2.05, 4.69) is 60.7 Å². The Morgan fingerprint density at radius 2 is 1.51 bits per heavy atom. The Hall–Kier alpha value is -1.97. The molecule has 4 heteroatoms. The number of amides is 1. The first-order chi connectivity index (χ1) is 19.1. The van der Waals surface area contributed by atoms with E-state index in [4.69, 9.17) is 0 Å². The third-order valence-electron chi connectivity index (χ3n) is 14.4. The third-order valence-corrected chi connectivity index (χ3v) is 14.4. The van der Waals surface area contributed by atoms with Gasteiger partial charge in [-0.25, -0.2) is 4.39 Å². The molecule has 3 nitrogen and oxygen atoms in total. The minimum absolute atomic E-state index is 0.0301. The first-order valence-electron chi connectivity index (χ1n) is 16.4. The lowest BCUT2D eigenvalue weighted by Gasteiger charge is -2.75. The predicted octanol–water partition coefficient (Wildman–Crippen LogP) is 9.07. The Morgan fingerprint density at radius 3 is 2.17 bits per heavy atom. The number of carbonyl (C=O) groups excluding carboxylic acids is 2. The molecular weight excluding hydrogens is 509 g/mol. The van der Waals surface area contributed by atoms with Crippen LogP contribution in [-0.4, -0.2) is 17.2 Å². The van der Waals surface area contributed by atoms with Crippen molar-refractivity contribution < 1.29 is 14.0 Å². The van der Waals surface area contributed by atoms with Crippen LogP contribution in [0.5, 0.6) is 0 Å². The molecule has 5 aliphatic rings. The largest absolute Gasteiger partial charge is 0.346 e. The Kier molecular flexibility index (Phi) is 6.41. The van der Waals surface area contributed by atoms with E-state index in [9.17, 15) is 14.0 Å². The van der Waals surface area contributed by atoms with Gasteiger partial charge in [0.15, 0.2) is 5.78 Å². The van der Waals surface area contributed by atoms with Crippen LogP contribution in [0.2, 0.25) is 0 Å². The minimum Gasteiger partial charge on any atom is -0.346 e. The zero-order chi connectivity index (χ0) is 29.8. The lowest BCUT2D eigenvalue weighted by molar-refractivity contribution is -0.226. The van der Waals surface area contributed by atoms with E-state index in [1.165, 1.54) is 30.5 Å². The SMILES string of the molecule is CC(C)C1=C2[C@H]3CC[C@@H]4[C@@]5(C)CCCC(C)(C)C5(NC(=O)c5ccc(F)cc5)CC[C@@]4(C)[C@]3(C)CC[C@@]2(C)CC1=O. The van der Waals surface area contributed by atoms with Crippen molar-refractivity contribution in [2.45, 2.75) is 125 Å². The molecule has 0 spiro atoms. The van der Waals surface area contributed by atoms with Crippen LogP contribution in [0.1, 0.15) is 130 Å². The number of allylic oxidation sites excluding steroid dienone is 2. The van der Waals surface area contributed by atoms with Crippen LogP contribution in [0.4, 0.5) is 4.39 Å². The summed E-state index contributed by atoms with van der Waals surface area (Å²) < 4.78 is 13.7. The van der Waals surface area contributed by atoms with E-state index < -0.39 is 0 Å². The van der Waals surface area contributed by atoms with Gasteiger partial charge >= 0.3 is 0 Å². The van der Waals surface area contributed by atoms with Gasteiger partial charge in [-0.2, -0.15) is 0 Å². The number of ketones is 1. The number of Topliss-reactive ketones (excluding diaryl/α,β-unsaturated/α-hetero) is 1. The smallest absolute Gasteiger partial charge is 0.251 e. The van der Waals surface area contributed by atoms with Gasteiger partial charge in [-0.1, -0.05) is 67.4 Å². The van der Waals surface area contributed by atoms with Gasteiger partial charge in [-0.15, -0.1) is 0 Å². The number of benzene rings is 1. The standard InChI is InChI=1S/C37H52FNO2/c1-23(2)29-27(40)22-33(5)18-19-34(6)26(30(29)33)14-15-28-35(34,7)20-21-37(32(3,4)16-9-17-36(28,37)8)39-31(41)24-10-12-25(38)13-11-24/h10-13,23,26,28H,9,14-22H2,1-8H3,(H,39,41)/t26-,28+,33+,34-,35-,36-,37?/m1/s1. The predicted molar refractivity (Wildman–Crippen MR) is 163 cm³/mol. The molecule has 224 valence electrons. The molecule has 4 fully saturated rings. The molecule has 1 aromatic rings. The molecule has 0 aliphatic heterocycles. The van der Waals surface area contributed by atoms with Crippen molar-refractivity contribution in [3.05, 3.63) is 46.8 Å². The molecule has 41 heavy (non-hydrogen) atoms. The quantitative estimate of drug-likeness (QED) is 0.400. The zero-order valence-electron chi connectivity index (χ0n) is 26.8. The van der Waals surface area contributed by atoms with Crippen LogP contribution >= 0.6 is 0 Å². The van der Waals surface area contributed by atoms with E-state index in [0.29, 0.717) is 29.6 Å². The van der Waals surface area contributed by atoms with Gasteiger partial charge in [-0.05, 0) is 126 Å². The molecule has 7 atom stereocenters. The minimum atomic E-state index is -0.327. The normalized spacial score (nSPS) is 43.2. The number of halogens is 1. The van der Waals surface area contributed by atoms with E-state index in [-0.39, 0.29) is 50.3 Å². The lowest BCUT2D eigenvalue weighted by Crippen LogP contribution is -2.76. The Balaban J connectivity index is 1.43. The number of hydrogen-bond donors (Lipinski definition) is 1. The fourth-order valence-corrected chi connectivity index (χ4v) is 12.1. The molecule has 0 bridgehead atoms. The first kappa shape index (κ1) is 29.1. The number of carbonyl (C=O) groups is 2. The monoisotopic (exact) mass is 561 g/mol. The first-order valence-corrected chi connectivity index (χ1v) is 16.4. The van der Waals surface area contributed by atoms with E-state index >= 15 is 0 Å². The summed E-state index contributed by atoms with van der Waals surface area (Å²) >= 11 is 0. The molecule has 0 aromatic heterocycles. The fourth-order valence-electron chi connectivity index (χ4n) is 12.1. The van der Waals surface area contributed by atoms with Crippen molar-refractivity contribution >= 4 is 11.7 Å². The summed E-state index contributed by atoms with van der Waals surface area (Å²) in [5, 5.41) is 3.69. The molecule has 1 unspecified atom stereocenters. The molecule has 6 rings (SSSR count). The maximum absolute atomic E-state index is 13.9. The average molecular weight is 562 g/mol. The van der Waals surface area contributed by atoms with Crippen LogP contribution < -0.4 is 5.32 Å². The Bertz CT molecular complexity index is 1310. The molecule has 1 aromatic carbocycles. The molecular formula is C37H52FNO2. The van der Waals surface area contributed by atoms with Crippen molar-refractivity contribution in [1.82, 2.24) is 5.32 Å². The third kappa shape index (κ3) is 3.67. The highest BCUT2D eigenvalue weighted by Crippen LogP contribution is 2.77. The van der Waals surface area contributed by atoms with E-state index in [0.717, 1.165) is 50.5 Å². The summed E-state index contributed by atoms with van der Waals surface area (Å²) in [6, 6.07) is 6.02. The summed E-state index contributed by atoms with van der Waals surface area (Å²) in [7, 11) is 0. The number of hydrogen-bond acceptors (Lipinski definition) is 2. The lowest BCUT2D eigenvalue weighted by atomic mass is 9.31. The highest BCUT2D eigenvalue weighted by molar-refractivity contribution is 6.00. The van der Waals surface area contributed by atoms with Crippen molar-refractivity contribution in [2.75, 3.05) is 0 Å². The topological polar surface area (TPSA) is 46.2 Å². The average Bonchev–Trinajstić information content (AvgIpc) is 3.16. The molecule has 4 saturated carbocycles. The molecule has 0 saturated heterocycles. The van der Waals surface area contributed by atoms with Crippen molar-refractivity contribution in [3.63, 3.8) is 0 Å². The number of rotatable bonds is 3.